The van der Waals surface area contributed by atoms with E-state index in [1.54, 1.807) is 29.1 Å². The molecule has 0 saturated carbocycles. The number of nitrogens with zero attached hydrogens (tertiary/aromatic N) is 4. The maximum Gasteiger partial charge on any atom is 0.211 e. The quantitative estimate of drug-likeness (QED) is 0.217. The third-order valence-electron chi connectivity index (χ3n) is 5.72. The molecule has 192 valence electrons. The molecule has 0 aliphatic rings. The van der Waals surface area contributed by atoms with Crippen molar-refractivity contribution in [2.45, 2.75) is 20.8 Å². The third-order valence-corrected chi connectivity index (χ3v) is 7.08. The molecule has 0 radical (unpaired) electrons. The van der Waals surface area contributed by atoms with E-state index in [9.17, 15) is 5.11 Å². The Morgan fingerprint density at radius 2 is 1.76 bits per heavy atom. The van der Waals surface area contributed by atoms with Crippen LogP contribution in [-0.2, 0) is 0 Å². The molecule has 1 N–H and O–H groups in total. The summed E-state index contributed by atoms with van der Waals surface area (Å²) < 4.78 is 7.25. The van der Waals surface area contributed by atoms with Gasteiger partial charge in [0.2, 0.25) is 4.80 Å². The molecule has 0 saturated heterocycles. The summed E-state index contributed by atoms with van der Waals surface area (Å²) in [6.07, 6.45) is 1.62. The van der Waals surface area contributed by atoms with E-state index in [1.165, 1.54) is 11.3 Å². The first-order valence-electron chi connectivity index (χ1n) is 12.0. The fraction of sp³-hybridized carbons (Fsp3) is 0.214. The van der Waals surface area contributed by atoms with Crippen LogP contribution < -0.4 is 14.4 Å². The molecule has 0 fully saturated rings. The van der Waals surface area contributed by atoms with Crippen molar-refractivity contribution in [1.29, 1.82) is 0 Å². The number of ether oxygens (including phenoxy) is 1. The number of hydrogen-bond acceptors (Lipinski definition) is 6. The summed E-state index contributed by atoms with van der Waals surface area (Å²) in [5.74, 6) is 0.941. The molecule has 4 rings (SSSR count). The Kier molecular flexibility index (Phi) is 8.92. The Morgan fingerprint density at radius 1 is 1.00 bits per heavy atom. The van der Waals surface area contributed by atoms with Gasteiger partial charge >= 0.3 is 0 Å². The maximum absolute atomic E-state index is 10.7. The van der Waals surface area contributed by atoms with Crippen LogP contribution in [-0.4, -0.2) is 35.7 Å². The zero-order valence-corrected chi connectivity index (χ0v) is 23.2. The molecule has 0 atom stereocenters. The second-order valence-electron chi connectivity index (χ2n) is 8.04. The van der Waals surface area contributed by atoms with Gasteiger partial charge in [-0.1, -0.05) is 23.2 Å². The van der Waals surface area contributed by atoms with Crippen LogP contribution in [0.2, 0.25) is 10.0 Å². The molecule has 3 aromatic carbocycles. The van der Waals surface area contributed by atoms with E-state index >= 15 is 0 Å². The van der Waals surface area contributed by atoms with Crippen LogP contribution >= 0.6 is 34.5 Å². The van der Waals surface area contributed by atoms with Crippen LogP contribution in [0.1, 0.15) is 26.3 Å². The van der Waals surface area contributed by atoms with E-state index in [0.717, 1.165) is 41.5 Å². The first-order valence-corrected chi connectivity index (χ1v) is 13.6. The second kappa shape index (κ2) is 12.3. The molecular formula is C28H28Cl2N4O2S. The highest BCUT2D eigenvalue weighted by atomic mass is 35.5. The first kappa shape index (κ1) is 26.8. The van der Waals surface area contributed by atoms with Crippen LogP contribution in [0.4, 0.5) is 11.4 Å². The number of thiazole rings is 1. The zero-order chi connectivity index (χ0) is 26.4. The number of phenolic OH excluding ortho intramolecular Hbond substituents is 1. The Balaban J connectivity index is 1.78. The lowest BCUT2D eigenvalue weighted by molar-refractivity contribution is 0.340. The lowest BCUT2D eigenvalue weighted by Gasteiger charge is -2.21. The fourth-order valence-electron chi connectivity index (χ4n) is 3.81. The van der Waals surface area contributed by atoms with Crippen molar-refractivity contribution in [3.63, 3.8) is 0 Å². The van der Waals surface area contributed by atoms with Gasteiger partial charge in [0.05, 0.1) is 29.2 Å². The van der Waals surface area contributed by atoms with Gasteiger partial charge in [-0.3, -0.25) is 0 Å². The number of hydrogen-bond donors (Lipinski definition) is 1. The molecule has 1 heterocycles. The van der Waals surface area contributed by atoms with Crippen molar-refractivity contribution in [3.8, 4) is 22.8 Å². The standard InChI is InChI=1S/C28H28Cl2N4O2S/c1-4-33(5-2)22-11-7-19(27(35)16-22)17-31-34-26(24-14-8-20(29)15-25(24)30)18-37-28(34)32-21-9-12-23(13-10-21)36-6-3/h7-18,35H,4-6H2,1-3H3/b31-17+,32-28?. The van der Waals surface area contributed by atoms with Crippen molar-refractivity contribution in [3.05, 3.63) is 86.5 Å². The summed E-state index contributed by atoms with van der Waals surface area (Å²) in [4.78, 5) is 7.61. The van der Waals surface area contributed by atoms with Crippen molar-refractivity contribution in [2.24, 2.45) is 10.1 Å². The van der Waals surface area contributed by atoms with E-state index in [-0.39, 0.29) is 5.75 Å². The first-order chi connectivity index (χ1) is 17.9. The van der Waals surface area contributed by atoms with Gasteiger partial charge in [-0.15, -0.1) is 11.3 Å². The topological polar surface area (TPSA) is 62.3 Å². The Labute approximate surface area is 230 Å². The van der Waals surface area contributed by atoms with Gasteiger partial charge in [-0.05, 0) is 75.4 Å². The molecule has 0 spiro atoms. The minimum atomic E-state index is 0.153. The van der Waals surface area contributed by atoms with E-state index in [0.29, 0.717) is 27.0 Å². The zero-order valence-electron chi connectivity index (χ0n) is 20.9. The number of benzene rings is 3. The summed E-state index contributed by atoms with van der Waals surface area (Å²) in [6, 6.07) is 18.5. The van der Waals surface area contributed by atoms with E-state index < -0.39 is 0 Å². The molecule has 1 aromatic heterocycles. The minimum absolute atomic E-state index is 0.153. The van der Waals surface area contributed by atoms with Crippen molar-refractivity contribution >= 4 is 52.1 Å². The predicted molar refractivity (Wildman–Crippen MR) is 155 cm³/mol. The number of aromatic hydroxyl groups is 1. The van der Waals surface area contributed by atoms with Gasteiger partial charge in [-0.25, -0.2) is 9.67 Å². The molecule has 6 nitrogen and oxygen atoms in total. The summed E-state index contributed by atoms with van der Waals surface area (Å²) in [5.41, 5.74) is 3.84. The largest absolute Gasteiger partial charge is 0.507 e. The highest BCUT2D eigenvalue weighted by molar-refractivity contribution is 7.07. The maximum atomic E-state index is 10.7. The predicted octanol–water partition coefficient (Wildman–Crippen LogP) is 7.59. The lowest BCUT2D eigenvalue weighted by atomic mass is 10.2. The average Bonchev–Trinajstić information content (AvgIpc) is 3.27. The van der Waals surface area contributed by atoms with E-state index in [4.69, 9.17) is 38.0 Å². The molecule has 0 bridgehead atoms. The van der Waals surface area contributed by atoms with Gasteiger partial charge in [0.1, 0.15) is 11.5 Å². The number of anilines is 1. The molecule has 37 heavy (non-hydrogen) atoms. The van der Waals surface area contributed by atoms with Gasteiger partial charge in [0, 0.05) is 46.4 Å². The normalized spacial score (nSPS) is 11.9. The summed E-state index contributed by atoms with van der Waals surface area (Å²) in [6.45, 7) is 8.43. The molecular weight excluding hydrogens is 527 g/mol. The van der Waals surface area contributed by atoms with Gasteiger partial charge in [-0.2, -0.15) is 5.10 Å². The number of phenols is 1. The van der Waals surface area contributed by atoms with Crippen LogP contribution in [0, 0.1) is 0 Å². The van der Waals surface area contributed by atoms with E-state index in [1.807, 2.05) is 54.8 Å². The second-order valence-corrected chi connectivity index (χ2v) is 9.72. The molecule has 0 aliphatic heterocycles. The molecule has 0 unspecified atom stereocenters. The van der Waals surface area contributed by atoms with Gasteiger partial charge in [0.25, 0.3) is 0 Å². The summed E-state index contributed by atoms with van der Waals surface area (Å²) in [5, 5.41) is 18.4. The Bertz CT molecular complexity index is 1460. The lowest BCUT2D eigenvalue weighted by Crippen LogP contribution is -2.21. The Morgan fingerprint density at radius 3 is 2.41 bits per heavy atom. The summed E-state index contributed by atoms with van der Waals surface area (Å²) in [7, 11) is 0. The highest BCUT2D eigenvalue weighted by Crippen LogP contribution is 2.31. The highest BCUT2D eigenvalue weighted by Gasteiger charge is 2.12. The SMILES string of the molecule is CCOc1ccc(N=c2scc(-c3ccc(Cl)cc3Cl)n2/N=C/c2ccc(N(CC)CC)cc2O)cc1. The Hall–Kier alpha value is -3.26. The van der Waals surface area contributed by atoms with Crippen molar-refractivity contribution < 1.29 is 9.84 Å². The third kappa shape index (κ3) is 6.36. The van der Waals surface area contributed by atoms with Crippen LogP contribution in [0.3, 0.4) is 0 Å². The number of rotatable bonds is 9. The molecule has 4 aromatic rings. The van der Waals surface area contributed by atoms with Gasteiger partial charge < -0.3 is 14.7 Å². The van der Waals surface area contributed by atoms with E-state index in [2.05, 4.69) is 18.7 Å². The number of aromatic nitrogens is 1. The summed E-state index contributed by atoms with van der Waals surface area (Å²) >= 11 is 14.1. The van der Waals surface area contributed by atoms with Crippen molar-refractivity contribution in [2.75, 3.05) is 24.6 Å². The smallest absolute Gasteiger partial charge is 0.211 e. The van der Waals surface area contributed by atoms with Crippen LogP contribution in [0.15, 0.2) is 76.1 Å². The number of halogens is 2. The van der Waals surface area contributed by atoms with Crippen molar-refractivity contribution in [1.82, 2.24) is 4.68 Å². The monoisotopic (exact) mass is 554 g/mol. The minimum Gasteiger partial charge on any atom is -0.507 e. The molecule has 0 amide bonds. The van der Waals surface area contributed by atoms with Crippen LogP contribution in [0.25, 0.3) is 11.3 Å². The average molecular weight is 556 g/mol. The van der Waals surface area contributed by atoms with Gasteiger partial charge in [0.15, 0.2) is 0 Å². The molecule has 0 aliphatic carbocycles. The fourth-order valence-corrected chi connectivity index (χ4v) is 5.16. The van der Waals surface area contributed by atoms with Crippen LogP contribution in [0.5, 0.6) is 11.5 Å². The molecule has 9 heteroatoms.